The van der Waals surface area contributed by atoms with Crippen LogP contribution in [0.25, 0.3) is 11.1 Å². The number of nitrogens with one attached hydrogen (secondary N) is 1. The van der Waals surface area contributed by atoms with E-state index in [1.165, 1.54) is 0 Å². The van der Waals surface area contributed by atoms with Crippen LogP contribution >= 0.6 is 0 Å². The fourth-order valence-corrected chi connectivity index (χ4v) is 8.07. The number of aryl methyl sites for hydroxylation is 1. The van der Waals surface area contributed by atoms with Crippen LogP contribution < -0.4 is 11.1 Å². The lowest BCUT2D eigenvalue weighted by molar-refractivity contribution is -0.129. The van der Waals surface area contributed by atoms with Gasteiger partial charge in [0.15, 0.2) is 18.3 Å². The second-order valence-corrected chi connectivity index (χ2v) is 15.2. The molecule has 274 valence electrons. The predicted octanol–water partition coefficient (Wildman–Crippen LogP) is 7.44. The maximum absolute atomic E-state index is 13.8. The largest absolute Gasteiger partial charge is 0.330 e. The standard InChI is InChI=1S/C42H53N7O3/c1-27-37(20-21-38(46-27)40(51)23-29-8-18-36(19-9-29)49(2)3)31-10-4-28(5-11-31)22-34(24-39(50)32-12-6-30(25-43)7-13-32)42(52)47-35-16-14-33(15-17-35)41-44-26-45-48-41/h4-5,10-11,14-17,20-21,29-30,32,34,36H,6-9,12-13,18-19,22-26,43H2,1-3H3,(H,47,52)/t29?,30?,32?,34-,36?/m1/s1. The van der Waals surface area contributed by atoms with Crippen LogP contribution in [0.5, 0.6) is 0 Å². The van der Waals surface area contributed by atoms with E-state index in [-0.39, 0.29) is 29.8 Å². The van der Waals surface area contributed by atoms with E-state index in [0.29, 0.717) is 61.1 Å². The molecule has 10 heteroatoms. The Balaban J connectivity index is 1.11. The molecule has 0 bridgehead atoms. The monoisotopic (exact) mass is 703 g/mol. The summed E-state index contributed by atoms with van der Waals surface area (Å²) in [6.07, 6.45) is 9.23. The molecule has 0 unspecified atom stereocenters. The molecule has 0 saturated heterocycles. The lowest BCUT2D eigenvalue weighted by atomic mass is 9.77. The molecular formula is C42H53N7O3. The molecule has 1 amide bonds. The van der Waals surface area contributed by atoms with Gasteiger partial charge in [0.2, 0.25) is 5.91 Å². The van der Waals surface area contributed by atoms with Crippen LogP contribution in [0.4, 0.5) is 5.69 Å². The van der Waals surface area contributed by atoms with Gasteiger partial charge in [-0.1, -0.05) is 30.3 Å². The Bertz CT molecular complexity index is 1770. The summed E-state index contributed by atoms with van der Waals surface area (Å²) in [6, 6.07) is 20.0. The molecule has 1 aromatic heterocycles. The van der Waals surface area contributed by atoms with E-state index in [1.54, 1.807) is 0 Å². The van der Waals surface area contributed by atoms with Crippen LogP contribution in [-0.4, -0.2) is 66.5 Å². The van der Waals surface area contributed by atoms with Gasteiger partial charge < -0.3 is 16.0 Å². The number of aliphatic imine (C=N–C) groups is 1. The van der Waals surface area contributed by atoms with Crippen LogP contribution in [-0.2, 0) is 16.0 Å². The number of nitrogens with zero attached hydrogens (tertiary/aromatic N) is 5. The number of hydrogen-bond acceptors (Lipinski definition) is 9. The molecule has 3 aromatic rings. The van der Waals surface area contributed by atoms with Crippen LogP contribution in [0.2, 0.25) is 0 Å². The number of aromatic nitrogens is 1. The average molecular weight is 704 g/mol. The van der Waals surface area contributed by atoms with Crippen molar-refractivity contribution < 1.29 is 14.4 Å². The molecular weight excluding hydrogens is 651 g/mol. The Morgan fingerprint density at radius 3 is 2.13 bits per heavy atom. The van der Waals surface area contributed by atoms with Crippen molar-refractivity contribution in [2.75, 3.05) is 32.6 Å². The Morgan fingerprint density at radius 2 is 1.52 bits per heavy atom. The SMILES string of the molecule is Cc1nc(C(=O)CC2CCC(N(C)C)CC2)ccc1-c1ccc(C[C@H](CC(=O)C2CCC(CN)CC2)C(=O)Nc2ccc(C3=NCN=N3)cc2)cc1. The first-order valence-corrected chi connectivity index (χ1v) is 19.0. The van der Waals surface area contributed by atoms with Crippen molar-refractivity contribution in [1.29, 1.82) is 0 Å². The Kier molecular flexibility index (Phi) is 12.5. The highest BCUT2D eigenvalue weighted by Crippen LogP contribution is 2.33. The number of benzene rings is 2. The smallest absolute Gasteiger partial charge is 0.228 e. The van der Waals surface area contributed by atoms with Crippen LogP contribution in [0.1, 0.15) is 91.5 Å². The number of ketones is 2. The first kappa shape index (κ1) is 37.4. The van der Waals surface area contributed by atoms with Crippen molar-refractivity contribution >= 4 is 29.0 Å². The van der Waals surface area contributed by atoms with E-state index in [2.05, 4.69) is 39.5 Å². The van der Waals surface area contributed by atoms with Gasteiger partial charge in [-0.3, -0.25) is 14.4 Å². The zero-order valence-electron chi connectivity index (χ0n) is 30.9. The lowest BCUT2D eigenvalue weighted by Crippen LogP contribution is -2.32. The number of amides is 1. The molecule has 10 nitrogen and oxygen atoms in total. The number of anilines is 1. The molecule has 2 saturated carbocycles. The molecule has 6 rings (SSSR count). The topological polar surface area (TPSA) is 142 Å². The van der Waals surface area contributed by atoms with Gasteiger partial charge in [-0.25, -0.2) is 9.98 Å². The molecule has 3 N–H and O–H groups in total. The molecule has 1 atom stereocenters. The minimum atomic E-state index is -0.523. The Morgan fingerprint density at radius 1 is 0.846 bits per heavy atom. The first-order valence-electron chi connectivity index (χ1n) is 19.0. The number of nitrogens with two attached hydrogens (primary N) is 1. The van der Waals surface area contributed by atoms with E-state index in [0.717, 1.165) is 79.3 Å². The second-order valence-electron chi connectivity index (χ2n) is 15.2. The molecule has 0 spiro atoms. The molecule has 52 heavy (non-hydrogen) atoms. The summed E-state index contributed by atoms with van der Waals surface area (Å²) in [5, 5.41) is 11.0. The third-order valence-electron chi connectivity index (χ3n) is 11.5. The fraction of sp³-hybridized carbons (Fsp3) is 0.500. The minimum absolute atomic E-state index is 0.0236. The summed E-state index contributed by atoms with van der Waals surface area (Å²) in [6.45, 7) is 2.95. The normalized spacial score (nSPS) is 22.2. The fourth-order valence-electron chi connectivity index (χ4n) is 8.07. The van der Waals surface area contributed by atoms with Crippen molar-refractivity contribution in [2.24, 2.45) is 44.6 Å². The number of pyridine rings is 1. The predicted molar refractivity (Wildman–Crippen MR) is 205 cm³/mol. The van der Waals surface area contributed by atoms with Crippen molar-refractivity contribution in [3.63, 3.8) is 0 Å². The zero-order valence-corrected chi connectivity index (χ0v) is 30.9. The van der Waals surface area contributed by atoms with Gasteiger partial charge in [-0.05, 0) is 139 Å². The van der Waals surface area contributed by atoms with E-state index in [4.69, 9.17) is 10.7 Å². The number of azo groups is 1. The number of rotatable bonds is 14. The highest BCUT2D eigenvalue weighted by Gasteiger charge is 2.30. The Hall–Kier alpha value is -4.41. The van der Waals surface area contributed by atoms with Crippen molar-refractivity contribution in [2.45, 2.75) is 83.6 Å². The molecule has 0 radical (unpaired) electrons. The Labute approximate surface area is 307 Å². The third kappa shape index (κ3) is 9.52. The van der Waals surface area contributed by atoms with E-state index >= 15 is 0 Å². The summed E-state index contributed by atoms with van der Waals surface area (Å²) in [4.78, 5) is 51.8. The number of Topliss-reactive ketones (excluding diaryl/α,β-unsaturated/α-hetero) is 2. The van der Waals surface area contributed by atoms with Gasteiger partial charge >= 0.3 is 0 Å². The molecule has 1 aliphatic heterocycles. The highest BCUT2D eigenvalue weighted by atomic mass is 16.2. The van der Waals surface area contributed by atoms with Gasteiger partial charge in [0, 0.05) is 53.2 Å². The number of carbonyl (C=O) groups is 3. The summed E-state index contributed by atoms with van der Waals surface area (Å²) in [7, 11) is 4.27. The van der Waals surface area contributed by atoms with E-state index in [1.807, 2.05) is 67.6 Å². The summed E-state index contributed by atoms with van der Waals surface area (Å²) >= 11 is 0. The van der Waals surface area contributed by atoms with Crippen molar-refractivity contribution in [1.82, 2.24) is 9.88 Å². The van der Waals surface area contributed by atoms with Gasteiger partial charge in [0.1, 0.15) is 11.5 Å². The lowest BCUT2D eigenvalue weighted by Gasteiger charge is -2.32. The summed E-state index contributed by atoms with van der Waals surface area (Å²) in [5.41, 5.74) is 11.7. The zero-order chi connectivity index (χ0) is 36.6. The molecule has 2 heterocycles. The average Bonchev–Trinajstić information content (AvgIpc) is 3.71. The quantitative estimate of drug-likeness (QED) is 0.167. The van der Waals surface area contributed by atoms with Gasteiger partial charge in [0.05, 0.1) is 0 Å². The van der Waals surface area contributed by atoms with E-state index in [9.17, 15) is 14.4 Å². The summed E-state index contributed by atoms with van der Waals surface area (Å²) in [5.74, 6) is 1.04. The third-order valence-corrected chi connectivity index (χ3v) is 11.5. The highest BCUT2D eigenvalue weighted by molar-refractivity contribution is 6.01. The summed E-state index contributed by atoms with van der Waals surface area (Å²) < 4.78 is 0. The molecule has 2 aliphatic carbocycles. The molecule has 3 aliphatic rings. The second kappa shape index (κ2) is 17.4. The van der Waals surface area contributed by atoms with Gasteiger partial charge in [-0.2, -0.15) is 5.11 Å². The van der Waals surface area contributed by atoms with Crippen LogP contribution in [0, 0.1) is 30.6 Å². The number of carbonyl (C=O) groups excluding carboxylic acids is 3. The van der Waals surface area contributed by atoms with Gasteiger partial charge in [-0.15, -0.1) is 5.11 Å². The number of hydrogen-bond donors (Lipinski definition) is 2. The maximum Gasteiger partial charge on any atom is 0.228 e. The minimum Gasteiger partial charge on any atom is -0.330 e. The van der Waals surface area contributed by atoms with Crippen molar-refractivity contribution in [3.05, 3.63) is 83.2 Å². The first-order chi connectivity index (χ1) is 25.2. The number of amidine groups is 1. The van der Waals surface area contributed by atoms with Crippen LogP contribution in [0.3, 0.4) is 0 Å². The van der Waals surface area contributed by atoms with Crippen molar-refractivity contribution in [3.8, 4) is 11.1 Å². The maximum atomic E-state index is 13.8. The molecule has 2 aromatic carbocycles. The van der Waals surface area contributed by atoms with E-state index < -0.39 is 5.92 Å². The molecule has 2 fully saturated rings. The van der Waals surface area contributed by atoms with Crippen LogP contribution in [0.15, 0.2) is 75.9 Å². The van der Waals surface area contributed by atoms with Gasteiger partial charge in [0.25, 0.3) is 0 Å².